The van der Waals surface area contributed by atoms with Crippen molar-refractivity contribution in [1.29, 1.82) is 0 Å². The molecule has 7 nitrogen and oxygen atoms in total. The van der Waals surface area contributed by atoms with Gasteiger partial charge in [-0.05, 0) is 13.3 Å². The number of nitrogens with one attached hydrogen (secondary N) is 1. The highest BCUT2D eigenvalue weighted by molar-refractivity contribution is 5.69. The van der Waals surface area contributed by atoms with Gasteiger partial charge in [0.2, 0.25) is 6.79 Å². The van der Waals surface area contributed by atoms with E-state index in [9.17, 15) is 10.1 Å². The maximum Gasteiger partial charge on any atom is 0.296 e. The smallest absolute Gasteiger partial charge is 0.296 e. The van der Waals surface area contributed by atoms with Crippen molar-refractivity contribution in [1.82, 2.24) is 0 Å². The standard InChI is InChI=1S/C12H16N2O5/c1-8(3-4-17-2)13-9-5-11-12(19-7-18-11)6-10(9)14(15)16/h5-6,8,13H,3-4,7H2,1-2H3. The lowest BCUT2D eigenvalue weighted by atomic mass is 10.2. The molecule has 1 N–H and O–H groups in total. The molecule has 104 valence electrons. The summed E-state index contributed by atoms with van der Waals surface area (Å²) in [5, 5.41) is 14.2. The predicted octanol–water partition coefficient (Wildman–Crippen LogP) is 2.16. The molecule has 1 aliphatic rings. The number of nitro groups is 1. The quantitative estimate of drug-likeness (QED) is 0.628. The largest absolute Gasteiger partial charge is 0.454 e. The molecule has 0 amide bonds. The van der Waals surface area contributed by atoms with Crippen molar-refractivity contribution in [3.63, 3.8) is 0 Å². The van der Waals surface area contributed by atoms with E-state index >= 15 is 0 Å². The van der Waals surface area contributed by atoms with Crippen LogP contribution in [-0.4, -0.2) is 31.5 Å². The molecule has 0 radical (unpaired) electrons. The summed E-state index contributed by atoms with van der Waals surface area (Å²) < 4.78 is 15.4. The van der Waals surface area contributed by atoms with E-state index in [0.717, 1.165) is 6.42 Å². The van der Waals surface area contributed by atoms with Gasteiger partial charge in [0, 0.05) is 25.8 Å². The fourth-order valence-corrected chi connectivity index (χ4v) is 1.83. The molecular formula is C12H16N2O5. The molecule has 1 atom stereocenters. The zero-order valence-electron chi connectivity index (χ0n) is 10.8. The second-order valence-corrected chi connectivity index (χ2v) is 4.31. The molecule has 1 unspecified atom stereocenters. The third kappa shape index (κ3) is 3.05. The molecule has 0 saturated carbocycles. The third-order valence-electron chi connectivity index (χ3n) is 2.84. The van der Waals surface area contributed by atoms with Crippen LogP contribution in [0.1, 0.15) is 13.3 Å². The number of rotatable bonds is 6. The predicted molar refractivity (Wildman–Crippen MR) is 68.8 cm³/mol. The summed E-state index contributed by atoms with van der Waals surface area (Å²) in [7, 11) is 1.62. The van der Waals surface area contributed by atoms with Gasteiger partial charge in [-0.3, -0.25) is 10.1 Å². The highest BCUT2D eigenvalue weighted by atomic mass is 16.7. The molecule has 1 aromatic carbocycles. The molecule has 1 heterocycles. The number of benzene rings is 1. The summed E-state index contributed by atoms with van der Waals surface area (Å²) in [5.74, 6) is 0.925. The van der Waals surface area contributed by atoms with Crippen molar-refractivity contribution >= 4 is 11.4 Å². The zero-order chi connectivity index (χ0) is 13.8. The highest BCUT2D eigenvalue weighted by Crippen LogP contribution is 2.40. The van der Waals surface area contributed by atoms with E-state index in [0.29, 0.717) is 23.8 Å². The average Bonchev–Trinajstić information content (AvgIpc) is 2.82. The van der Waals surface area contributed by atoms with Crippen molar-refractivity contribution < 1.29 is 19.1 Å². The van der Waals surface area contributed by atoms with Crippen LogP contribution >= 0.6 is 0 Å². The van der Waals surface area contributed by atoms with Crippen LogP contribution in [0.15, 0.2) is 12.1 Å². The molecule has 1 aromatic rings. The fraction of sp³-hybridized carbons (Fsp3) is 0.500. The topological polar surface area (TPSA) is 82.9 Å². The van der Waals surface area contributed by atoms with Crippen molar-refractivity contribution in [2.24, 2.45) is 0 Å². The van der Waals surface area contributed by atoms with Gasteiger partial charge in [0.25, 0.3) is 5.69 Å². The molecule has 0 aliphatic carbocycles. The molecular weight excluding hydrogens is 252 g/mol. The van der Waals surface area contributed by atoms with Crippen LogP contribution in [0.4, 0.5) is 11.4 Å². The van der Waals surface area contributed by atoms with Gasteiger partial charge < -0.3 is 19.5 Å². The van der Waals surface area contributed by atoms with Crippen LogP contribution in [0.2, 0.25) is 0 Å². The molecule has 0 spiro atoms. The van der Waals surface area contributed by atoms with Crippen molar-refractivity contribution in [3.8, 4) is 11.5 Å². The molecule has 2 rings (SSSR count). The van der Waals surface area contributed by atoms with Crippen LogP contribution in [-0.2, 0) is 4.74 Å². The van der Waals surface area contributed by atoms with E-state index in [-0.39, 0.29) is 18.5 Å². The number of methoxy groups -OCH3 is 1. The Labute approximate surface area is 110 Å². The summed E-state index contributed by atoms with van der Waals surface area (Å²) in [4.78, 5) is 10.6. The van der Waals surface area contributed by atoms with Crippen LogP contribution in [0.5, 0.6) is 11.5 Å². The Bertz CT molecular complexity index is 477. The minimum atomic E-state index is -0.437. The summed E-state index contributed by atoms with van der Waals surface area (Å²) in [6, 6.07) is 3.04. The van der Waals surface area contributed by atoms with Crippen LogP contribution < -0.4 is 14.8 Å². The van der Waals surface area contributed by atoms with Gasteiger partial charge in [0.05, 0.1) is 11.0 Å². The molecule has 7 heteroatoms. The Morgan fingerprint density at radius 2 is 2.16 bits per heavy atom. The van der Waals surface area contributed by atoms with Crippen molar-refractivity contribution in [2.45, 2.75) is 19.4 Å². The number of hydrogen-bond donors (Lipinski definition) is 1. The summed E-state index contributed by atoms with van der Waals surface area (Å²) >= 11 is 0. The van der Waals surface area contributed by atoms with Gasteiger partial charge in [0.1, 0.15) is 5.69 Å². The number of nitro benzene ring substituents is 1. The monoisotopic (exact) mass is 268 g/mol. The maximum atomic E-state index is 11.1. The van der Waals surface area contributed by atoms with Crippen LogP contribution in [0.25, 0.3) is 0 Å². The normalized spacial score (nSPS) is 14.2. The summed E-state index contributed by atoms with van der Waals surface area (Å²) in [6.07, 6.45) is 0.752. The van der Waals surface area contributed by atoms with Crippen LogP contribution in [0.3, 0.4) is 0 Å². The van der Waals surface area contributed by atoms with Gasteiger partial charge in [-0.1, -0.05) is 0 Å². The minimum Gasteiger partial charge on any atom is -0.454 e. The number of hydrogen-bond acceptors (Lipinski definition) is 6. The van der Waals surface area contributed by atoms with Gasteiger partial charge in [-0.25, -0.2) is 0 Å². The third-order valence-corrected chi connectivity index (χ3v) is 2.84. The van der Waals surface area contributed by atoms with Gasteiger partial charge in [0.15, 0.2) is 11.5 Å². The molecule has 1 aliphatic heterocycles. The number of anilines is 1. The van der Waals surface area contributed by atoms with Gasteiger partial charge in [-0.15, -0.1) is 0 Å². The first kappa shape index (κ1) is 13.4. The second kappa shape index (κ2) is 5.75. The summed E-state index contributed by atoms with van der Waals surface area (Å²) in [6.45, 7) is 2.62. The first-order valence-corrected chi connectivity index (χ1v) is 5.95. The Balaban J connectivity index is 2.20. The zero-order valence-corrected chi connectivity index (χ0v) is 10.8. The van der Waals surface area contributed by atoms with E-state index in [4.69, 9.17) is 14.2 Å². The SMILES string of the molecule is COCCC(C)Nc1cc2c(cc1[N+](=O)[O-])OCO2. The number of fused-ring (bicyclic) bond motifs is 1. The van der Waals surface area contributed by atoms with Crippen molar-refractivity contribution in [2.75, 3.05) is 25.8 Å². The second-order valence-electron chi connectivity index (χ2n) is 4.31. The van der Waals surface area contributed by atoms with E-state index in [1.807, 2.05) is 6.92 Å². The highest BCUT2D eigenvalue weighted by Gasteiger charge is 2.24. The van der Waals surface area contributed by atoms with E-state index < -0.39 is 4.92 Å². The first-order valence-electron chi connectivity index (χ1n) is 5.95. The Morgan fingerprint density at radius 3 is 2.79 bits per heavy atom. The maximum absolute atomic E-state index is 11.1. The van der Waals surface area contributed by atoms with Crippen molar-refractivity contribution in [3.05, 3.63) is 22.2 Å². The lowest BCUT2D eigenvalue weighted by Crippen LogP contribution is -2.17. The first-order chi connectivity index (χ1) is 9.11. The molecule has 19 heavy (non-hydrogen) atoms. The molecule has 0 bridgehead atoms. The number of nitrogens with zero attached hydrogens (tertiary/aromatic N) is 1. The van der Waals surface area contributed by atoms with E-state index in [1.165, 1.54) is 6.07 Å². The minimum absolute atomic E-state index is 0.0199. The molecule has 0 aromatic heterocycles. The Morgan fingerprint density at radius 1 is 1.47 bits per heavy atom. The Hall–Kier alpha value is -2.02. The Kier molecular flexibility index (Phi) is 4.06. The van der Waals surface area contributed by atoms with Gasteiger partial charge in [-0.2, -0.15) is 0 Å². The molecule has 0 fully saturated rings. The average molecular weight is 268 g/mol. The number of ether oxygens (including phenoxy) is 3. The van der Waals surface area contributed by atoms with Gasteiger partial charge >= 0.3 is 0 Å². The van der Waals surface area contributed by atoms with Crippen LogP contribution in [0, 0.1) is 10.1 Å². The fourth-order valence-electron chi connectivity index (χ4n) is 1.83. The summed E-state index contributed by atoms with van der Waals surface area (Å²) in [5.41, 5.74) is 0.409. The lowest BCUT2D eigenvalue weighted by Gasteiger charge is -2.15. The van der Waals surface area contributed by atoms with E-state index in [2.05, 4.69) is 5.32 Å². The lowest BCUT2D eigenvalue weighted by molar-refractivity contribution is -0.384. The van der Waals surface area contributed by atoms with E-state index in [1.54, 1.807) is 13.2 Å². The molecule has 0 saturated heterocycles.